The van der Waals surface area contributed by atoms with Crippen molar-refractivity contribution in [3.8, 4) is 0 Å². The second-order valence-corrected chi connectivity index (χ2v) is 8.07. The molecule has 0 amide bonds. The van der Waals surface area contributed by atoms with Gasteiger partial charge in [-0.2, -0.15) is 4.31 Å². The van der Waals surface area contributed by atoms with Crippen LogP contribution in [0.5, 0.6) is 0 Å². The van der Waals surface area contributed by atoms with E-state index in [9.17, 15) is 8.42 Å². The molecule has 0 aliphatic carbocycles. The van der Waals surface area contributed by atoms with E-state index in [4.69, 9.17) is 23.2 Å². The minimum absolute atomic E-state index is 0.171. The van der Waals surface area contributed by atoms with Gasteiger partial charge in [0, 0.05) is 23.1 Å². The van der Waals surface area contributed by atoms with Crippen molar-refractivity contribution in [3.63, 3.8) is 0 Å². The maximum atomic E-state index is 12.6. The normalized spacial score (nSPS) is 18.0. The third-order valence-electron chi connectivity index (χ3n) is 3.73. The summed E-state index contributed by atoms with van der Waals surface area (Å²) in [5, 5.41) is 3.99. The first-order chi connectivity index (χ1) is 9.93. The smallest absolute Gasteiger partial charge is 0.243 e. The number of hydrogen-bond acceptors (Lipinski definition) is 3. The quantitative estimate of drug-likeness (QED) is 0.887. The van der Waals surface area contributed by atoms with E-state index in [1.165, 1.54) is 22.5 Å². The van der Waals surface area contributed by atoms with E-state index in [0.717, 1.165) is 25.9 Å². The van der Waals surface area contributed by atoms with E-state index in [-0.39, 0.29) is 4.90 Å². The predicted molar refractivity (Wildman–Crippen MR) is 86.5 cm³/mol. The Bertz CT molecular complexity index is 564. The molecule has 0 bridgehead atoms. The third-order valence-corrected chi connectivity index (χ3v) is 6.04. The fourth-order valence-corrected chi connectivity index (χ4v) is 4.73. The van der Waals surface area contributed by atoms with Crippen LogP contribution in [0.1, 0.15) is 19.8 Å². The zero-order valence-corrected chi connectivity index (χ0v) is 14.3. The van der Waals surface area contributed by atoms with Gasteiger partial charge in [0.15, 0.2) is 0 Å². The summed E-state index contributed by atoms with van der Waals surface area (Å²) in [6, 6.07) is 4.44. The summed E-state index contributed by atoms with van der Waals surface area (Å²) in [5.41, 5.74) is 0. The van der Waals surface area contributed by atoms with Crippen molar-refractivity contribution < 1.29 is 8.42 Å². The Hall–Kier alpha value is -0.330. The molecule has 1 saturated heterocycles. The lowest BCUT2D eigenvalue weighted by Crippen LogP contribution is -2.40. The van der Waals surface area contributed by atoms with Gasteiger partial charge in [-0.3, -0.25) is 0 Å². The molecule has 1 aliphatic heterocycles. The van der Waals surface area contributed by atoms with Gasteiger partial charge in [-0.05, 0) is 50.0 Å². The molecule has 0 spiro atoms. The summed E-state index contributed by atoms with van der Waals surface area (Å²) >= 11 is 11.8. The number of nitrogens with zero attached hydrogens (tertiary/aromatic N) is 1. The highest BCUT2D eigenvalue weighted by atomic mass is 35.5. The molecule has 21 heavy (non-hydrogen) atoms. The van der Waals surface area contributed by atoms with E-state index in [1.54, 1.807) is 0 Å². The van der Waals surface area contributed by atoms with Crippen LogP contribution >= 0.6 is 23.2 Å². The average molecular weight is 351 g/mol. The first kappa shape index (κ1) is 17.0. The minimum Gasteiger partial charge on any atom is -0.317 e. The molecular weight excluding hydrogens is 331 g/mol. The van der Waals surface area contributed by atoms with Crippen LogP contribution in [-0.4, -0.2) is 38.9 Å². The van der Waals surface area contributed by atoms with E-state index in [2.05, 4.69) is 12.2 Å². The van der Waals surface area contributed by atoms with Crippen molar-refractivity contribution in [1.82, 2.24) is 9.62 Å². The molecule has 1 fully saturated rings. The predicted octanol–water partition coefficient (Wildman–Crippen LogP) is 3.00. The lowest BCUT2D eigenvalue weighted by Gasteiger charge is -2.31. The summed E-state index contributed by atoms with van der Waals surface area (Å²) in [4.78, 5) is 0.171. The summed E-state index contributed by atoms with van der Waals surface area (Å²) < 4.78 is 26.7. The number of rotatable bonds is 5. The van der Waals surface area contributed by atoms with Crippen molar-refractivity contribution >= 4 is 33.2 Å². The van der Waals surface area contributed by atoms with Gasteiger partial charge in [0.1, 0.15) is 0 Å². The summed E-state index contributed by atoms with van der Waals surface area (Å²) in [7, 11) is -3.51. The highest BCUT2D eigenvalue weighted by Gasteiger charge is 2.29. The van der Waals surface area contributed by atoms with E-state index >= 15 is 0 Å². The molecule has 0 saturated carbocycles. The lowest BCUT2D eigenvalue weighted by atomic mass is 9.98. The second-order valence-electron chi connectivity index (χ2n) is 5.26. The largest absolute Gasteiger partial charge is 0.317 e. The van der Waals surface area contributed by atoms with Crippen molar-refractivity contribution in [2.24, 2.45) is 5.92 Å². The Labute approximate surface area is 136 Å². The monoisotopic (exact) mass is 350 g/mol. The van der Waals surface area contributed by atoms with Gasteiger partial charge in [0.25, 0.3) is 0 Å². The zero-order chi connectivity index (χ0) is 15.5. The van der Waals surface area contributed by atoms with Crippen LogP contribution in [0.15, 0.2) is 23.1 Å². The summed E-state index contributed by atoms with van der Waals surface area (Å²) in [6.45, 7) is 5.06. The van der Waals surface area contributed by atoms with Gasteiger partial charge in [-0.25, -0.2) is 8.42 Å². The minimum atomic E-state index is -3.51. The Kier molecular flexibility index (Phi) is 5.91. The van der Waals surface area contributed by atoms with Crippen molar-refractivity contribution in [2.75, 3.05) is 26.2 Å². The molecular formula is C14H20Cl2N2O2S. The molecule has 4 nitrogen and oxygen atoms in total. The maximum Gasteiger partial charge on any atom is 0.243 e. The Morgan fingerprint density at radius 2 is 1.76 bits per heavy atom. The molecule has 0 unspecified atom stereocenters. The standard InChI is InChI=1S/C14H20Cl2N2O2S/c1-2-17-10-11-3-5-18(6-4-11)21(19,20)14-8-12(15)7-13(16)9-14/h7-9,11,17H,2-6,10H2,1H3. The van der Waals surface area contributed by atoms with Gasteiger partial charge in [0.2, 0.25) is 10.0 Å². The van der Waals surface area contributed by atoms with Crippen molar-refractivity contribution in [3.05, 3.63) is 28.2 Å². The van der Waals surface area contributed by atoms with E-state index < -0.39 is 10.0 Å². The van der Waals surface area contributed by atoms with Gasteiger partial charge >= 0.3 is 0 Å². The van der Waals surface area contributed by atoms with Crippen LogP contribution in [0.25, 0.3) is 0 Å². The number of sulfonamides is 1. The maximum absolute atomic E-state index is 12.6. The molecule has 7 heteroatoms. The second kappa shape index (κ2) is 7.29. The van der Waals surface area contributed by atoms with Gasteiger partial charge < -0.3 is 5.32 Å². The van der Waals surface area contributed by atoms with Crippen LogP contribution in [0, 0.1) is 5.92 Å². The summed E-state index contributed by atoms with van der Waals surface area (Å²) in [5.74, 6) is 0.541. The van der Waals surface area contributed by atoms with Crippen molar-refractivity contribution in [1.29, 1.82) is 0 Å². The van der Waals surface area contributed by atoms with Crippen LogP contribution in [0.2, 0.25) is 10.0 Å². The molecule has 1 heterocycles. The fraction of sp³-hybridized carbons (Fsp3) is 0.571. The van der Waals surface area contributed by atoms with Crippen molar-refractivity contribution in [2.45, 2.75) is 24.7 Å². The Morgan fingerprint density at radius 3 is 2.29 bits per heavy atom. The molecule has 0 aromatic heterocycles. The molecule has 118 valence electrons. The third kappa shape index (κ3) is 4.33. The van der Waals surface area contributed by atoms with Crippen LogP contribution in [0.3, 0.4) is 0 Å². The first-order valence-corrected chi connectivity index (χ1v) is 9.30. The molecule has 0 atom stereocenters. The zero-order valence-electron chi connectivity index (χ0n) is 12.0. The van der Waals surface area contributed by atoms with E-state index in [0.29, 0.717) is 29.1 Å². The molecule has 1 aromatic rings. The van der Waals surface area contributed by atoms with Crippen LogP contribution in [0.4, 0.5) is 0 Å². The number of piperidine rings is 1. The number of nitrogens with one attached hydrogen (secondary N) is 1. The van der Waals surface area contributed by atoms with Gasteiger partial charge in [0.05, 0.1) is 4.90 Å². The summed E-state index contributed by atoms with van der Waals surface area (Å²) in [6.07, 6.45) is 1.75. The van der Waals surface area contributed by atoms with Crippen LogP contribution in [-0.2, 0) is 10.0 Å². The topological polar surface area (TPSA) is 49.4 Å². The first-order valence-electron chi connectivity index (χ1n) is 7.10. The molecule has 0 radical (unpaired) electrons. The average Bonchev–Trinajstić information content (AvgIpc) is 2.44. The number of benzene rings is 1. The van der Waals surface area contributed by atoms with Gasteiger partial charge in [-0.15, -0.1) is 0 Å². The Morgan fingerprint density at radius 1 is 1.19 bits per heavy atom. The highest BCUT2D eigenvalue weighted by molar-refractivity contribution is 7.89. The lowest BCUT2D eigenvalue weighted by molar-refractivity contribution is 0.268. The molecule has 1 N–H and O–H groups in total. The SMILES string of the molecule is CCNCC1CCN(S(=O)(=O)c2cc(Cl)cc(Cl)c2)CC1. The van der Waals surface area contributed by atoms with E-state index in [1.807, 2.05) is 0 Å². The highest BCUT2D eigenvalue weighted by Crippen LogP contribution is 2.27. The number of hydrogen-bond donors (Lipinski definition) is 1. The van der Waals surface area contributed by atoms with Crippen LogP contribution < -0.4 is 5.32 Å². The van der Waals surface area contributed by atoms with Gasteiger partial charge in [-0.1, -0.05) is 30.1 Å². The number of halogens is 2. The molecule has 1 aromatic carbocycles. The fourth-order valence-electron chi connectivity index (χ4n) is 2.53. The molecule has 2 rings (SSSR count). The Balaban J connectivity index is 2.07. The molecule has 1 aliphatic rings.